The van der Waals surface area contributed by atoms with Crippen molar-refractivity contribution in [3.8, 4) is 0 Å². The normalized spacial score (nSPS) is 11.4. The summed E-state index contributed by atoms with van der Waals surface area (Å²) < 4.78 is 0. The van der Waals surface area contributed by atoms with Gasteiger partial charge in [0.05, 0.1) is 0 Å². The number of likely N-dealkylation sites (N-methyl/N-ethyl adjacent to an activating group) is 1. The first-order valence-electron chi connectivity index (χ1n) is 7.25. The summed E-state index contributed by atoms with van der Waals surface area (Å²) >= 11 is 12.6. The molecule has 22 heavy (non-hydrogen) atoms. The van der Waals surface area contributed by atoms with Crippen LogP contribution in [0.5, 0.6) is 0 Å². The Balaban J connectivity index is 2.13. The highest BCUT2D eigenvalue weighted by Crippen LogP contribution is 2.26. The van der Waals surface area contributed by atoms with Crippen LogP contribution in [-0.4, -0.2) is 42.0 Å². The van der Waals surface area contributed by atoms with Crippen LogP contribution in [0.15, 0.2) is 42.7 Å². The van der Waals surface area contributed by atoms with E-state index in [4.69, 9.17) is 23.2 Å². The van der Waals surface area contributed by atoms with Gasteiger partial charge in [-0.1, -0.05) is 29.3 Å². The Labute approximate surface area is 142 Å². The molecule has 1 aromatic carbocycles. The number of hydrogen-bond donors (Lipinski definition) is 0. The standard InChI is InChI=1S/C17H21Cl2N3/c1-21(2)10-11-22(12-14-6-8-20-9-7-14)13-15-16(18)4-3-5-17(15)19/h3-9H,10-13H2,1-2H3. The Hall–Kier alpha value is -1.13. The number of aromatic nitrogens is 1. The maximum atomic E-state index is 6.31. The van der Waals surface area contributed by atoms with E-state index in [1.807, 2.05) is 42.7 Å². The number of hydrogen-bond acceptors (Lipinski definition) is 3. The smallest absolute Gasteiger partial charge is 0.0465 e. The van der Waals surface area contributed by atoms with Gasteiger partial charge < -0.3 is 4.90 Å². The Kier molecular flexibility index (Phi) is 6.65. The maximum Gasteiger partial charge on any atom is 0.0465 e. The Morgan fingerprint density at radius 1 is 0.909 bits per heavy atom. The fraction of sp³-hybridized carbons (Fsp3) is 0.353. The van der Waals surface area contributed by atoms with Crippen LogP contribution >= 0.6 is 23.2 Å². The zero-order chi connectivity index (χ0) is 15.9. The van der Waals surface area contributed by atoms with Crippen molar-refractivity contribution in [3.05, 3.63) is 63.9 Å². The van der Waals surface area contributed by atoms with Crippen LogP contribution in [0.1, 0.15) is 11.1 Å². The monoisotopic (exact) mass is 337 g/mol. The largest absolute Gasteiger partial charge is 0.308 e. The summed E-state index contributed by atoms with van der Waals surface area (Å²) in [6.45, 7) is 3.50. The second-order valence-electron chi connectivity index (χ2n) is 5.57. The highest BCUT2D eigenvalue weighted by atomic mass is 35.5. The summed E-state index contributed by atoms with van der Waals surface area (Å²) in [7, 11) is 4.15. The van der Waals surface area contributed by atoms with E-state index >= 15 is 0 Å². The number of pyridine rings is 1. The van der Waals surface area contributed by atoms with Crippen molar-refractivity contribution in [2.24, 2.45) is 0 Å². The minimum atomic E-state index is 0.720. The molecule has 2 aromatic rings. The average Bonchev–Trinajstić information content (AvgIpc) is 2.49. The van der Waals surface area contributed by atoms with Gasteiger partial charge >= 0.3 is 0 Å². The van der Waals surface area contributed by atoms with Crippen molar-refractivity contribution in [1.82, 2.24) is 14.8 Å². The van der Waals surface area contributed by atoms with Gasteiger partial charge in [0.2, 0.25) is 0 Å². The van der Waals surface area contributed by atoms with E-state index in [1.165, 1.54) is 5.56 Å². The summed E-state index contributed by atoms with van der Waals surface area (Å²) in [5.74, 6) is 0. The molecule has 0 saturated heterocycles. The molecule has 0 aliphatic carbocycles. The van der Waals surface area contributed by atoms with E-state index in [-0.39, 0.29) is 0 Å². The summed E-state index contributed by atoms with van der Waals surface area (Å²) in [5.41, 5.74) is 2.22. The highest BCUT2D eigenvalue weighted by Gasteiger charge is 2.12. The lowest BCUT2D eigenvalue weighted by atomic mass is 10.2. The zero-order valence-corrected chi connectivity index (χ0v) is 14.5. The van der Waals surface area contributed by atoms with Crippen LogP contribution in [0.4, 0.5) is 0 Å². The quantitative estimate of drug-likeness (QED) is 0.762. The number of nitrogens with zero attached hydrogens (tertiary/aromatic N) is 3. The molecule has 0 unspecified atom stereocenters. The lowest BCUT2D eigenvalue weighted by molar-refractivity contribution is 0.226. The minimum absolute atomic E-state index is 0.720. The molecule has 1 aromatic heterocycles. The molecule has 0 bridgehead atoms. The lowest BCUT2D eigenvalue weighted by Gasteiger charge is -2.25. The van der Waals surface area contributed by atoms with Crippen LogP contribution < -0.4 is 0 Å². The van der Waals surface area contributed by atoms with Gasteiger partial charge in [-0.3, -0.25) is 9.88 Å². The number of benzene rings is 1. The molecule has 0 atom stereocenters. The van der Waals surface area contributed by atoms with Gasteiger partial charge in [0.1, 0.15) is 0 Å². The van der Waals surface area contributed by atoms with Gasteiger partial charge in [0, 0.05) is 54.2 Å². The summed E-state index contributed by atoms with van der Waals surface area (Å²) in [5, 5.41) is 1.44. The van der Waals surface area contributed by atoms with Crippen molar-refractivity contribution in [2.75, 3.05) is 27.2 Å². The first-order valence-corrected chi connectivity index (χ1v) is 8.00. The van der Waals surface area contributed by atoms with Crippen LogP contribution in [-0.2, 0) is 13.1 Å². The third-order valence-corrected chi connectivity index (χ3v) is 4.17. The van der Waals surface area contributed by atoms with Gasteiger partial charge in [-0.2, -0.15) is 0 Å². The molecule has 2 rings (SSSR count). The summed E-state index contributed by atoms with van der Waals surface area (Å²) in [6.07, 6.45) is 3.64. The average molecular weight is 338 g/mol. The predicted octanol–water partition coefficient (Wildman–Crippen LogP) is 3.95. The molecule has 0 aliphatic rings. The van der Waals surface area contributed by atoms with E-state index in [9.17, 15) is 0 Å². The molecule has 0 fully saturated rings. The molecule has 0 radical (unpaired) electrons. The first kappa shape index (κ1) is 17.2. The van der Waals surface area contributed by atoms with Gasteiger partial charge in [0.15, 0.2) is 0 Å². The van der Waals surface area contributed by atoms with E-state index in [1.54, 1.807) is 0 Å². The third kappa shape index (κ3) is 5.25. The SMILES string of the molecule is CN(C)CCN(Cc1ccncc1)Cc1c(Cl)cccc1Cl. The van der Waals surface area contributed by atoms with Crippen molar-refractivity contribution in [3.63, 3.8) is 0 Å². The molecular weight excluding hydrogens is 317 g/mol. The Morgan fingerprint density at radius 2 is 1.55 bits per heavy atom. The highest BCUT2D eigenvalue weighted by molar-refractivity contribution is 6.35. The van der Waals surface area contributed by atoms with Crippen molar-refractivity contribution >= 4 is 23.2 Å². The van der Waals surface area contributed by atoms with Crippen LogP contribution in [0, 0.1) is 0 Å². The molecule has 5 heteroatoms. The van der Waals surface area contributed by atoms with Gasteiger partial charge in [-0.05, 0) is 43.9 Å². The molecule has 3 nitrogen and oxygen atoms in total. The number of halogens is 2. The first-order chi connectivity index (χ1) is 10.6. The Bertz CT molecular complexity index is 567. The molecule has 118 valence electrons. The fourth-order valence-corrected chi connectivity index (χ4v) is 2.73. The third-order valence-electron chi connectivity index (χ3n) is 3.46. The predicted molar refractivity (Wildman–Crippen MR) is 93.4 cm³/mol. The fourth-order valence-electron chi connectivity index (χ4n) is 2.21. The van der Waals surface area contributed by atoms with Crippen LogP contribution in [0.25, 0.3) is 0 Å². The van der Waals surface area contributed by atoms with E-state index < -0.39 is 0 Å². The van der Waals surface area contributed by atoms with Crippen molar-refractivity contribution in [1.29, 1.82) is 0 Å². The minimum Gasteiger partial charge on any atom is -0.308 e. The van der Waals surface area contributed by atoms with Crippen molar-refractivity contribution < 1.29 is 0 Å². The van der Waals surface area contributed by atoms with Gasteiger partial charge in [-0.25, -0.2) is 0 Å². The van der Waals surface area contributed by atoms with E-state index in [0.29, 0.717) is 0 Å². The summed E-state index contributed by atoms with van der Waals surface area (Å²) in [6, 6.07) is 9.73. The molecule has 0 N–H and O–H groups in total. The van der Waals surface area contributed by atoms with Crippen LogP contribution in [0.2, 0.25) is 10.0 Å². The van der Waals surface area contributed by atoms with Crippen molar-refractivity contribution in [2.45, 2.75) is 13.1 Å². The maximum absolute atomic E-state index is 6.31. The molecule has 0 aliphatic heterocycles. The zero-order valence-electron chi connectivity index (χ0n) is 13.0. The lowest BCUT2D eigenvalue weighted by Crippen LogP contribution is -2.31. The molecule has 0 amide bonds. The Morgan fingerprint density at radius 3 is 2.14 bits per heavy atom. The van der Waals surface area contributed by atoms with Gasteiger partial charge in [0.25, 0.3) is 0 Å². The number of rotatable bonds is 7. The van der Waals surface area contributed by atoms with Crippen LogP contribution in [0.3, 0.4) is 0 Å². The second-order valence-corrected chi connectivity index (χ2v) is 6.38. The molecule has 0 spiro atoms. The van der Waals surface area contributed by atoms with Gasteiger partial charge in [-0.15, -0.1) is 0 Å². The van der Waals surface area contributed by atoms with E-state index in [2.05, 4.69) is 28.9 Å². The molecule has 0 saturated carbocycles. The molecular formula is C17H21Cl2N3. The summed E-state index contributed by atoms with van der Waals surface area (Å²) in [4.78, 5) is 8.59. The topological polar surface area (TPSA) is 19.4 Å². The second kappa shape index (κ2) is 8.49. The van der Waals surface area contributed by atoms with E-state index in [0.717, 1.165) is 41.8 Å². The molecule has 1 heterocycles.